The van der Waals surface area contributed by atoms with Crippen LogP contribution in [0, 0.1) is 5.82 Å². The molecule has 0 unspecified atom stereocenters. The minimum Gasteiger partial charge on any atom is -0.466 e. The average molecular weight is 267 g/mol. The molecule has 0 aliphatic rings. The number of nitrogens with zero attached hydrogens (tertiary/aromatic N) is 1. The minimum atomic E-state index is -0.369. The monoisotopic (exact) mass is 267 g/mol. The molecule has 0 heterocycles. The van der Waals surface area contributed by atoms with Crippen molar-refractivity contribution in [3.8, 4) is 0 Å². The molecular weight excluding hydrogens is 249 g/mol. The predicted octanol–water partition coefficient (Wildman–Crippen LogP) is 2.13. The lowest BCUT2D eigenvalue weighted by molar-refractivity contribution is -0.145. The molecule has 1 aromatic rings. The van der Waals surface area contributed by atoms with Crippen LogP contribution in [-0.2, 0) is 20.9 Å². The summed E-state index contributed by atoms with van der Waals surface area (Å²) in [5, 5.41) is 0. The second kappa shape index (κ2) is 7.51. The Morgan fingerprint density at radius 2 is 1.84 bits per heavy atom. The van der Waals surface area contributed by atoms with Gasteiger partial charge >= 0.3 is 5.97 Å². The van der Waals surface area contributed by atoms with Crippen LogP contribution in [0.4, 0.5) is 4.39 Å². The summed E-state index contributed by atoms with van der Waals surface area (Å²) in [6, 6.07) is 5.97. The van der Waals surface area contributed by atoms with Gasteiger partial charge in [0.1, 0.15) is 5.82 Å². The van der Waals surface area contributed by atoms with Crippen molar-refractivity contribution in [1.29, 1.82) is 0 Å². The van der Waals surface area contributed by atoms with Crippen molar-refractivity contribution in [2.45, 2.75) is 26.3 Å². The number of rotatable bonds is 6. The number of ether oxygens (including phenoxy) is 1. The summed E-state index contributed by atoms with van der Waals surface area (Å²) in [7, 11) is 1.65. The number of hydrogen-bond donors (Lipinski definition) is 0. The molecule has 0 aliphatic carbocycles. The predicted molar refractivity (Wildman–Crippen MR) is 68.7 cm³/mol. The quantitative estimate of drug-likeness (QED) is 0.742. The van der Waals surface area contributed by atoms with E-state index in [-0.39, 0.29) is 30.5 Å². The van der Waals surface area contributed by atoms with Gasteiger partial charge in [0.15, 0.2) is 0 Å². The smallest absolute Gasteiger partial charge is 0.306 e. The summed E-state index contributed by atoms with van der Waals surface area (Å²) in [6.45, 7) is 2.43. The normalized spacial score (nSPS) is 10.1. The third-order valence-electron chi connectivity index (χ3n) is 2.61. The number of carbonyl (C=O) groups is 2. The summed E-state index contributed by atoms with van der Waals surface area (Å²) in [4.78, 5) is 24.4. The Kier molecular flexibility index (Phi) is 5.99. The third kappa shape index (κ3) is 5.50. The summed E-state index contributed by atoms with van der Waals surface area (Å²) in [5.41, 5.74) is 0.841. The molecule has 0 atom stereocenters. The van der Waals surface area contributed by atoms with E-state index in [1.807, 2.05) is 0 Å². The molecule has 0 aromatic heterocycles. The molecule has 0 saturated heterocycles. The van der Waals surface area contributed by atoms with E-state index >= 15 is 0 Å². The lowest BCUT2D eigenvalue weighted by atomic mass is 10.2. The second-order valence-electron chi connectivity index (χ2n) is 4.18. The van der Waals surface area contributed by atoms with Crippen molar-refractivity contribution >= 4 is 11.9 Å². The molecule has 104 valence electrons. The first kappa shape index (κ1) is 15.1. The largest absolute Gasteiger partial charge is 0.466 e. The molecule has 0 bridgehead atoms. The Morgan fingerprint density at radius 3 is 2.42 bits per heavy atom. The molecule has 19 heavy (non-hydrogen) atoms. The van der Waals surface area contributed by atoms with Gasteiger partial charge in [0, 0.05) is 20.0 Å². The van der Waals surface area contributed by atoms with Gasteiger partial charge in [0.05, 0.1) is 13.0 Å². The average Bonchev–Trinajstić information content (AvgIpc) is 2.39. The van der Waals surface area contributed by atoms with Crippen molar-refractivity contribution in [3.63, 3.8) is 0 Å². The summed E-state index contributed by atoms with van der Waals surface area (Å²) < 4.78 is 17.5. The zero-order valence-corrected chi connectivity index (χ0v) is 11.2. The number of hydrogen-bond acceptors (Lipinski definition) is 3. The van der Waals surface area contributed by atoms with E-state index in [9.17, 15) is 14.0 Å². The van der Waals surface area contributed by atoms with Crippen molar-refractivity contribution in [2.75, 3.05) is 13.7 Å². The molecule has 4 nitrogen and oxygen atoms in total. The lowest BCUT2D eigenvalue weighted by Gasteiger charge is -2.17. The highest BCUT2D eigenvalue weighted by Crippen LogP contribution is 2.07. The molecule has 1 aromatic carbocycles. The van der Waals surface area contributed by atoms with Gasteiger partial charge in [-0.05, 0) is 24.6 Å². The van der Waals surface area contributed by atoms with Gasteiger partial charge in [-0.2, -0.15) is 0 Å². The van der Waals surface area contributed by atoms with Gasteiger partial charge in [0.2, 0.25) is 5.91 Å². The van der Waals surface area contributed by atoms with Crippen molar-refractivity contribution < 1.29 is 18.7 Å². The highest BCUT2D eigenvalue weighted by Gasteiger charge is 2.12. The summed E-state index contributed by atoms with van der Waals surface area (Å²) >= 11 is 0. The van der Waals surface area contributed by atoms with Gasteiger partial charge in [0.25, 0.3) is 0 Å². The van der Waals surface area contributed by atoms with E-state index in [1.165, 1.54) is 17.0 Å². The number of halogens is 1. The van der Waals surface area contributed by atoms with Crippen LogP contribution in [0.15, 0.2) is 24.3 Å². The van der Waals surface area contributed by atoms with Crippen LogP contribution in [0.1, 0.15) is 25.3 Å². The standard InChI is InChI=1S/C14H18FNO3/c1-3-19-14(18)9-8-13(17)16(2)10-11-4-6-12(15)7-5-11/h4-7H,3,8-10H2,1-2H3. The summed E-state index contributed by atoms with van der Waals surface area (Å²) in [6.07, 6.45) is 0.205. The maximum atomic E-state index is 12.7. The van der Waals surface area contributed by atoms with Gasteiger partial charge in [-0.1, -0.05) is 12.1 Å². The maximum Gasteiger partial charge on any atom is 0.306 e. The Labute approximate surface area is 112 Å². The highest BCUT2D eigenvalue weighted by molar-refractivity contribution is 5.81. The molecular formula is C14H18FNO3. The first-order chi connectivity index (χ1) is 9.02. The molecule has 0 fully saturated rings. The molecule has 0 spiro atoms. The molecule has 0 N–H and O–H groups in total. The molecule has 1 rings (SSSR count). The van der Waals surface area contributed by atoms with Crippen molar-refractivity contribution in [1.82, 2.24) is 4.90 Å². The topological polar surface area (TPSA) is 46.6 Å². The first-order valence-corrected chi connectivity index (χ1v) is 6.17. The molecule has 1 amide bonds. The third-order valence-corrected chi connectivity index (χ3v) is 2.61. The number of carbonyl (C=O) groups excluding carboxylic acids is 2. The van der Waals surface area contributed by atoms with Crippen molar-refractivity contribution in [3.05, 3.63) is 35.6 Å². The van der Waals surface area contributed by atoms with Crippen LogP contribution in [0.5, 0.6) is 0 Å². The molecule has 5 heteroatoms. The zero-order valence-electron chi connectivity index (χ0n) is 11.2. The minimum absolute atomic E-state index is 0.0838. The Hall–Kier alpha value is -1.91. The fourth-order valence-corrected chi connectivity index (χ4v) is 1.58. The zero-order chi connectivity index (χ0) is 14.3. The van der Waals surface area contributed by atoms with Crippen LogP contribution in [-0.4, -0.2) is 30.4 Å². The van der Waals surface area contributed by atoms with Gasteiger partial charge < -0.3 is 9.64 Å². The van der Waals surface area contributed by atoms with E-state index in [0.717, 1.165) is 5.56 Å². The van der Waals surface area contributed by atoms with E-state index in [1.54, 1.807) is 26.1 Å². The van der Waals surface area contributed by atoms with E-state index < -0.39 is 0 Å². The Balaban J connectivity index is 2.40. The van der Waals surface area contributed by atoms with Crippen molar-refractivity contribution in [2.24, 2.45) is 0 Å². The van der Waals surface area contributed by atoms with Crippen LogP contribution >= 0.6 is 0 Å². The highest BCUT2D eigenvalue weighted by atomic mass is 19.1. The number of benzene rings is 1. The Bertz CT molecular complexity index is 431. The maximum absolute atomic E-state index is 12.7. The van der Waals surface area contributed by atoms with Gasteiger partial charge in [-0.25, -0.2) is 4.39 Å². The fraction of sp³-hybridized carbons (Fsp3) is 0.429. The van der Waals surface area contributed by atoms with Gasteiger partial charge in [-0.3, -0.25) is 9.59 Å². The second-order valence-corrected chi connectivity index (χ2v) is 4.18. The van der Waals surface area contributed by atoms with Crippen LogP contribution in [0.2, 0.25) is 0 Å². The number of esters is 1. The van der Waals surface area contributed by atoms with E-state index in [4.69, 9.17) is 4.74 Å². The molecule has 0 saturated carbocycles. The molecule has 0 radical (unpaired) electrons. The lowest BCUT2D eigenvalue weighted by Crippen LogP contribution is -2.26. The van der Waals surface area contributed by atoms with Gasteiger partial charge in [-0.15, -0.1) is 0 Å². The van der Waals surface area contributed by atoms with Crippen LogP contribution < -0.4 is 0 Å². The summed E-state index contributed by atoms with van der Waals surface area (Å²) in [5.74, 6) is -0.816. The van der Waals surface area contributed by atoms with E-state index in [2.05, 4.69) is 0 Å². The first-order valence-electron chi connectivity index (χ1n) is 6.17. The van der Waals surface area contributed by atoms with Crippen LogP contribution in [0.3, 0.4) is 0 Å². The fourth-order valence-electron chi connectivity index (χ4n) is 1.58. The SMILES string of the molecule is CCOC(=O)CCC(=O)N(C)Cc1ccc(F)cc1. The Morgan fingerprint density at radius 1 is 1.21 bits per heavy atom. The van der Waals surface area contributed by atoms with Crippen LogP contribution in [0.25, 0.3) is 0 Å². The number of amides is 1. The van der Waals surface area contributed by atoms with E-state index in [0.29, 0.717) is 13.2 Å². The molecule has 0 aliphatic heterocycles.